The highest BCUT2D eigenvalue weighted by atomic mass is 16.5. The van der Waals surface area contributed by atoms with Crippen LogP contribution in [-0.4, -0.2) is 51.9 Å². The number of methoxy groups -OCH3 is 1. The summed E-state index contributed by atoms with van der Waals surface area (Å²) in [4.78, 5) is 0. The molecule has 1 fully saturated rings. The third kappa shape index (κ3) is 4.47. The van der Waals surface area contributed by atoms with E-state index in [0.717, 1.165) is 32.5 Å². The quantitative estimate of drug-likeness (QED) is 0.613. The van der Waals surface area contributed by atoms with Crippen molar-refractivity contribution in [2.75, 3.05) is 46.8 Å². The van der Waals surface area contributed by atoms with Crippen LogP contribution in [0.5, 0.6) is 0 Å². The first-order valence-electron chi connectivity index (χ1n) is 5.58. The highest BCUT2D eigenvalue weighted by Gasteiger charge is 2.33. The fourth-order valence-electron chi connectivity index (χ4n) is 1.84. The van der Waals surface area contributed by atoms with E-state index in [1.54, 1.807) is 7.11 Å². The summed E-state index contributed by atoms with van der Waals surface area (Å²) in [5, 5.41) is 9.32. The molecule has 0 aromatic heterocycles. The van der Waals surface area contributed by atoms with Crippen LogP contribution in [0.15, 0.2) is 0 Å². The number of rotatable bonds is 8. The van der Waals surface area contributed by atoms with Crippen LogP contribution in [0, 0.1) is 5.41 Å². The molecule has 0 aromatic rings. The van der Waals surface area contributed by atoms with E-state index < -0.39 is 0 Å². The maximum atomic E-state index is 9.32. The molecule has 0 saturated carbocycles. The lowest BCUT2D eigenvalue weighted by atomic mass is 9.84. The van der Waals surface area contributed by atoms with Crippen LogP contribution in [0.1, 0.15) is 19.3 Å². The van der Waals surface area contributed by atoms with Crippen LogP contribution in [0.2, 0.25) is 0 Å². The van der Waals surface area contributed by atoms with E-state index in [-0.39, 0.29) is 12.0 Å². The standard InChI is InChI=1S/C11H22O4/c1-13-7-8-14-5-2-3-11(9-12)4-6-15-10-11/h12H,2-10H2,1H3. The van der Waals surface area contributed by atoms with Gasteiger partial charge in [-0.1, -0.05) is 0 Å². The zero-order valence-corrected chi connectivity index (χ0v) is 9.54. The van der Waals surface area contributed by atoms with E-state index in [4.69, 9.17) is 14.2 Å². The third-order valence-corrected chi connectivity index (χ3v) is 2.95. The van der Waals surface area contributed by atoms with Gasteiger partial charge in [0.05, 0.1) is 26.4 Å². The minimum atomic E-state index is 0.00458. The van der Waals surface area contributed by atoms with Crippen molar-refractivity contribution in [3.63, 3.8) is 0 Å². The summed E-state index contributed by atoms with van der Waals surface area (Å²) in [6.45, 7) is 3.75. The molecular formula is C11H22O4. The molecular weight excluding hydrogens is 196 g/mol. The smallest absolute Gasteiger partial charge is 0.0700 e. The molecule has 15 heavy (non-hydrogen) atoms. The van der Waals surface area contributed by atoms with Gasteiger partial charge in [0, 0.05) is 25.7 Å². The first-order valence-corrected chi connectivity index (χ1v) is 5.58. The average Bonchev–Trinajstić information content (AvgIpc) is 2.73. The molecule has 1 heterocycles. The first kappa shape index (κ1) is 12.9. The summed E-state index contributed by atoms with van der Waals surface area (Å²) < 4.78 is 15.6. The predicted molar refractivity (Wildman–Crippen MR) is 56.9 cm³/mol. The zero-order valence-electron chi connectivity index (χ0n) is 9.54. The largest absolute Gasteiger partial charge is 0.396 e. The molecule has 1 unspecified atom stereocenters. The van der Waals surface area contributed by atoms with E-state index in [9.17, 15) is 5.11 Å². The summed E-state index contributed by atoms with van der Waals surface area (Å²) >= 11 is 0. The number of ether oxygens (including phenoxy) is 3. The molecule has 0 aliphatic carbocycles. The van der Waals surface area contributed by atoms with Crippen molar-refractivity contribution in [2.24, 2.45) is 5.41 Å². The molecule has 1 saturated heterocycles. The summed E-state index contributed by atoms with van der Waals surface area (Å²) in [5.41, 5.74) is 0.00458. The molecule has 0 bridgehead atoms. The van der Waals surface area contributed by atoms with Gasteiger partial charge in [-0.25, -0.2) is 0 Å². The SMILES string of the molecule is COCCOCCCC1(CO)CCOC1. The lowest BCUT2D eigenvalue weighted by Gasteiger charge is -2.24. The monoisotopic (exact) mass is 218 g/mol. The van der Waals surface area contributed by atoms with Gasteiger partial charge in [-0.2, -0.15) is 0 Å². The van der Waals surface area contributed by atoms with E-state index >= 15 is 0 Å². The Hall–Kier alpha value is -0.160. The van der Waals surface area contributed by atoms with Gasteiger partial charge in [0.25, 0.3) is 0 Å². The maximum absolute atomic E-state index is 9.32. The van der Waals surface area contributed by atoms with Crippen LogP contribution in [0.3, 0.4) is 0 Å². The third-order valence-electron chi connectivity index (χ3n) is 2.95. The van der Waals surface area contributed by atoms with Crippen LogP contribution >= 0.6 is 0 Å². The van der Waals surface area contributed by atoms with E-state index in [0.29, 0.717) is 19.8 Å². The van der Waals surface area contributed by atoms with Gasteiger partial charge in [-0.05, 0) is 19.3 Å². The van der Waals surface area contributed by atoms with Crippen LogP contribution in [0.25, 0.3) is 0 Å². The topological polar surface area (TPSA) is 47.9 Å². The molecule has 1 rings (SSSR count). The Morgan fingerprint density at radius 1 is 1.33 bits per heavy atom. The number of hydrogen-bond acceptors (Lipinski definition) is 4. The fraction of sp³-hybridized carbons (Fsp3) is 1.00. The highest BCUT2D eigenvalue weighted by Crippen LogP contribution is 2.32. The van der Waals surface area contributed by atoms with Crippen LogP contribution in [0.4, 0.5) is 0 Å². The van der Waals surface area contributed by atoms with E-state index in [1.165, 1.54) is 0 Å². The second-order valence-corrected chi connectivity index (χ2v) is 4.17. The second kappa shape index (κ2) is 7.17. The van der Waals surface area contributed by atoms with Crippen LogP contribution < -0.4 is 0 Å². The molecule has 0 amide bonds. The van der Waals surface area contributed by atoms with Gasteiger partial charge in [-0.15, -0.1) is 0 Å². The van der Waals surface area contributed by atoms with Gasteiger partial charge in [-0.3, -0.25) is 0 Å². The fourth-order valence-corrected chi connectivity index (χ4v) is 1.84. The Morgan fingerprint density at radius 2 is 2.20 bits per heavy atom. The first-order chi connectivity index (χ1) is 7.33. The Labute approximate surface area is 91.5 Å². The van der Waals surface area contributed by atoms with E-state index in [2.05, 4.69) is 0 Å². The second-order valence-electron chi connectivity index (χ2n) is 4.17. The molecule has 0 spiro atoms. The molecule has 0 radical (unpaired) electrons. The minimum absolute atomic E-state index is 0.00458. The average molecular weight is 218 g/mol. The van der Waals surface area contributed by atoms with Gasteiger partial charge in [0.2, 0.25) is 0 Å². The Kier molecular flexibility index (Phi) is 6.17. The Bertz CT molecular complexity index is 155. The summed E-state index contributed by atoms with van der Waals surface area (Å²) in [5.74, 6) is 0. The lowest BCUT2D eigenvalue weighted by molar-refractivity contribution is 0.0498. The molecule has 1 aliphatic rings. The van der Waals surface area contributed by atoms with E-state index in [1.807, 2.05) is 0 Å². The van der Waals surface area contributed by atoms with Gasteiger partial charge in [0.15, 0.2) is 0 Å². The number of hydrogen-bond donors (Lipinski definition) is 1. The lowest BCUT2D eigenvalue weighted by Crippen LogP contribution is -2.26. The van der Waals surface area contributed by atoms with Crippen molar-refractivity contribution in [1.82, 2.24) is 0 Å². The van der Waals surface area contributed by atoms with Crippen molar-refractivity contribution in [1.29, 1.82) is 0 Å². The summed E-state index contributed by atoms with van der Waals surface area (Å²) in [6.07, 6.45) is 2.94. The molecule has 1 N–H and O–H groups in total. The van der Waals surface area contributed by atoms with Crippen molar-refractivity contribution in [2.45, 2.75) is 19.3 Å². The Morgan fingerprint density at radius 3 is 2.80 bits per heavy atom. The predicted octanol–water partition coefficient (Wildman–Crippen LogP) is 0.829. The summed E-state index contributed by atoms with van der Waals surface area (Å²) in [7, 11) is 1.67. The normalized spacial score (nSPS) is 26.0. The highest BCUT2D eigenvalue weighted by molar-refractivity contribution is 4.82. The van der Waals surface area contributed by atoms with Gasteiger partial charge < -0.3 is 19.3 Å². The zero-order chi connectivity index (χ0) is 11.0. The molecule has 90 valence electrons. The van der Waals surface area contributed by atoms with Gasteiger partial charge in [0.1, 0.15) is 0 Å². The molecule has 1 atom stereocenters. The summed E-state index contributed by atoms with van der Waals surface area (Å²) in [6, 6.07) is 0. The van der Waals surface area contributed by atoms with Crippen molar-refractivity contribution in [3.05, 3.63) is 0 Å². The van der Waals surface area contributed by atoms with Crippen molar-refractivity contribution >= 4 is 0 Å². The minimum Gasteiger partial charge on any atom is -0.396 e. The van der Waals surface area contributed by atoms with Crippen molar-refractivity contribution < 1.29 is 19.3 Å². The van der Waals surface area contributed by atoms with Crippen LogP contribution in [-0.2, 0) is 14.2 Å². The van der Waals surface area contributed by atoms with Gasteiger partial charge >= 0.3 is 0 Å². The maximum Gasteiger partial charge on any atom is 0.0700 e. The molecule has 1 aliphatic heterocycles. The number of aliphatic hydroxyl groups is 1. The Balaban J connectivity index is 2.02. The molecule has 0 aromatic carbocycles. The van der Waals surface area contributed by atoms with Crippen molar-refractivity contribution in [3.8, 4) is 0 Å². The number of aliphatic hydroxyl groups excluding tert-OH is 1. The molecule has 4 heteroatoms. The molecule has 4 nitrogen and oxygen atoms in total.